The molecule has 2 aliphatic carbocycles. The molecule has 0 N–H and O–H groups in total. The number of hydrogen-bond donors (Lipinski definition) is 0. The van der Waals surface area contributed by atoms with Gasteiger partial charge in [0.25, 0.3) is 0 Å². The Hall–Kier alpha value is -0.590. The first-order valence-electron chi connectivity index (χ1n) is 5.56. The summed E-state index contributed by atoms with van der Waals surface area (Å²) in [6.07, 6.45) is 9.24. The number of ketones is 1. The molecule has 0 aromatic rings. The average molecular weight is 178 g/mol. The monoisotopic (exact) mass is 178 g/mol. The third-order valence-corrected chi connectivity index (χ3v) is 3.38. The van der Waals surface area contributed by atoms with Crippen LogP contribution in [-0.4, -0.2) is 5.78 Å². The third-order valence-electron chi connectivity index (χ3n) is 3.38. The number of rotatable bonds is 3. The van der Waals surface area contributed by atoms with Crippen LogP contribution in [-0.2, 0) is 4.79 Å². The SMILES string of the molecule is CCCCC1=CC2CCCC(=O)C12. The van der Waals surface area contributed by atoms with Gasteiger partial charge < -0.3 is 0 Å². The Kier molecular flexibility index (Phi) is 2.52. The van der Waals surface area contributed by atoms with Crippen molar-refractivity contribution in [1.29, 1.82) is 0 Å². The summed E-state index contributed by atoms with van der Waals surface area (Å²) in [7, 11) is 0. The summed E-state index contributed by atoms with van der Waals surface area (Å²) in [6.45, 7) is 2.21. The lowest BCUT2D eigenvalue weighted by atomic mass is 9.65. The fraction of sp³-hybridized carbons (Fsp3) is 0.750. The van der Waals surface area contributed by atoms with Gasteiger partial charge in [-0.25, -0.2) is 0 Å². The van der Waals surface area contributed by atoms with E-state index in [0.29, 0.717) is 17.6 Å². The molecule has 0 bridgehead atoms. The highest BCUT2D eigenvalue weighted by Crippen LogP contribution is 2.43. The Morgan fingerprint density at radius 1 is 1.54 bits per heavy atom. The van der Waals surface area contributed by atoms with E-state index in [0.717, 1.165) is 12.8 Å². The molecular weight excluding hydrogens is 160 g/mol. The molecule has 72 valence electrons. The quantitative estimate of drug-likeness (QED) is 0.607. The topological polar surface area (TPSA) is 17.1 Å². The number of fused-ring (bicyclic) bond motifs is 1. The molecular formula is C12H18O. The molecule has 2 aliphatic rings. The maximum Gasteiger partial charge on any atom is 0.140 e. The zero-order valence-electron chi connectivity index (χ0n) is 8.38. The van der Waals surface area contributed by atoms with Gasteiger partial charge in [-0.3, -0.25) is 4.79 Å². The van der Waals surface area contributed by atoms with Gasteiger partial charge in [-0.05, 0) is 31.6 Å². The number of allylic oxidation sites excluding steroid dienone is 2. The highest BCUT2D eigenvalue weighted by atomic mass is 16.1. The van der Waals surface area contributed by atoms with E-state index in [2.05, 4.69) is 13.0 Å². The molecule has 1 saturated carbocycles. The number of carbonyl (C=O) groups is 1. The lowest BCUT2D eigenvalue weighted by Gasteiger charge is -2.38. The molecule has 2 atom stereocenters. The van der Waals surface area contributed by atoms with Crippen LogP contribution >= 0.6 is 0 Å². The van der Waals surface area contributed by atoms with Crippen molar-refractivity contribution in [2.75, 3.05) is 0 Å². The molecule has 0 aliphatic heterocycles. The van der Waals surface area contributed by atoms with E-state index in [-0.39, 0.29) is 0 Å². The number of unbranched alkanes of at least 4 members (excludes halogenated alkanes) is 1. The standard InChI is InChI=1S/C12H18O/c1-2-3-5-9-8-10-6-4-7-11(13)12(9)10/h8,10,12H,2-7H2,1H3. The lowest BCUT2D eigenvalue weighted by molar-refractivity contribution is -0.125. The molecule has 1 fully saturated rings. The van der Waals surface area contributed by atoms with E-state index >= 15 is 0 Å². The van der Waals surface area contributed by atoms with Gasteiger partial charge in [0.05, 0.1) is 0 Å². The normalized spacial score (nSPS) is 32.1. The first-order chi connectivity index (χ1) is 6.33. The Balaban J connectivity index is 1.96. The van der Waals surface area contributed by atoms with Crippen molar-refractivity contribution >= 4 is 5.78 Å². The van der Waals surface area contributed by atoms with Crippen LogP contribution in [0.4, 0.5) is 0 Å². The second-order valence-corrected chi connectivity index (χ2v) is 4.35. The summed E-state index contributed by atoms with van der Waals surface area (Å²) in [5.74, 6) is 1.51. The Morgan fingerprint density at radius 3 is 3.08 bits per heavy atom. The van der Waals surface area contributed by atoms with Crippen LogP contribution in [0.2, 0.25) is 0 Å². The van der Waals surface area contributed by atoms with E-state index < -0.39 is 0 Å². The highest BCUT2D eigenvalue weighted by Gasteiger charge is 2.39. The molecule has 2 rings (SSSR count). The van der Waals surface area contributed by atoms with Crippen molar-refractivity contribution in [2.45, 2.75) is 45.4 Å². The van der Waals surface area contributed by atoms with Crippen LogP contribution < -0.4 is 0 Å². The van der Waals surface area contributed by atoms with Crippen molar-refractivity contribution in [3.63, 3.8) is 0 Å². The molecule has 0 saturated heterocycles. The minimum absolute atomic E-state index is 0.361. The summed E-state index contributed by atoms with van der Waals surface area (Å²) in [6, 6.07) is 0. The summed E-state index contributed by atoms with van der Waals surface area (Å²) in [4.78, 5) is 11.6. The minimum Gasteiger partial charge on any atom is -0.299 e. The van der Waals surface area contributed by atoms with Crippen LogP contribution in [0.3, 0.4) is 0 Å². The zero-order chi connectivity index (χ0) is 9.26. The van der Waals surface area contributed by atoms with Crippen molar-refractivity contribution in [1.82, 2.24) is 0 Å². The van der Waals surface area contributed by atoms with Gasteiger partial charge in [-0.2, -0.15) is 0 Å². The molecule has 0 radical (unpaired) electrons. The van der Waals surface area contributed by atoms with Gasteiger partial charge >= 0.3 is 0 Å². The fourth-order valence-electron chi connectivity index (χ4n) is 2.61. The summed E-state index contributed by atoms with van der Waals surface area (Å²) >= 11 is 0. The number of hydrogen-bond acceptors (Lipinski definition) is 1. The molecule has 0 spiro atoms. The Labute approximate surface area is 80.2 Å². The molecule has 1 nitrogen and oxygen atoms in total. The van der Waals surface area contributed by atoms with Crippen LogP contribution in [0.1, 0.15) is 45.4 Å². The molecule has 0 heterocycles. The largest absolute Gasteiger partial charge is 0.299 e. The van der Waals surface area contributed by atoms with Gasteiger partial charge in [0, 0.05) is 12.3 Å². The van der Waals surface area contributed by atoms with Crippen LogP contribution in [0.25, 0.3) is 0 Å². The highest BCUT2D eigenvalue weighted by molar-refractivity contribution is 5.86. The van der Waals surface area contributed by atoms with E-state index in [9.17, 15) is 4.79 Å². The Bertz CT molecular complexity index is 240. The molecule has 13 heavy (non-hydrogen) atoms. The average Bonchev–Trinajstić information content (AvgIpc) is 2.07. The van der Waals surface area contributed by atoms with Gasteiger partial charge in [-0.15, -0.1) is 0 Å². The van der Waals surface area contributed by atoms with Crippen molar-refractivity contribution in [3.05, 3.63) is 11.6 Å². The lowest BCUT2D eigenvalue weighted by Crippen LogP contribution is -2.35. The van der Waals surface area contributed by atoms with E-state index in [1.54, 1.807) is 0 Å². The predicted molar refractivity (Wildman–Crippen MR) is 53.4 cm³/mol. The predicted octanol–water partition coefficient (Wildman–Crippen LogP) is 3.10. The maximum absolute atomic E-state index is 11.6. The zero-order valence-corrected chi connectivity index (χ0v) is 8.38. The molecule has 0 aromatic carbocycles. The van der Waals surface area contributed by atoms with Crippen molar-refractivity contribution in [3.8, 4) is 0 Å². The first kappa shape index (κ1) is 8.98. The summed E-state index contributed by atoms with van der Waals surface area (Å²) in [5, 5.41) is 0. The number of Topliss-reactive ketones (excluding diaryl/α,β-unsaturated/α-hetero) is 1. The van der Waals surface area contributed by atoms with Crippen molar-refractivity contribution < 1.29 is 4.79 Å². The van der Waals surface area contributed by atoms with Gasteiger partial charge in [0.2, 0.25) is 0 Å². The number of carbonyl (C=O) groups excluding carboxylic acids is 1. The molecule has 1 heteroatoms. The maximum atomic E-state index is 11.6. The summed E-state index contributed by atoms with van der Waals surface area (Å²) < 4.78 is 0. The minimum atomic E-state index is 0.361. The third kappa shape index (κ3) is 1.56. The molecule has 2 unspecified atom stereocenters. The van der Waals surface area contributed by atoms with Crippen LogP contribution in [0.5, 0.6) is 0 Å². The molecule has 0 amide bonds. The van der Waals surface area contributed by atoms with Crippen LogP contribution in [0.15, 0.2) is 11.6 Å². The fourth-order valence-corrected chi connectivity index (χ4v) is 2.61. The second-order valence-electron chi connectivity index (χ2n) is 4.35. The van der Waals surface area contributed by atoms with Gasteiger partial charge in [-0.1, -0.05) is 25.0 Å². The van der Waals surface area contributed by atoms with E-state index in [1.165, 1.54) is 31.3 Å². The van der Waals surface area contributed by atoms with E-state index in [1.807, 2.05) is 0 Å². The summed E-state index contributed by atoms with van der Waals surface area (Å²) in [5.41, 5.74) is 1.46. The smallest absolute Gasteiger partial charge is 0.140 e. The van der Waals surface area contributed by atoms with E-state index in [4.69, 9.17) is 0 Å². The first-order valence-corrected chi connectivity index (χ1v) is 5.56. The van der Waals surface area contributed by atoms with Gasteiger partial charge in [0.1, 0.15) is 5.78 Å². The second kappa shape index (κ2) is 3.65. The van der Waals surface area contributed by atoms with Gasteiger partial charge in [0.15, 0.2) is 0 Å². The van der Waals surface area contributed by atoms with Crippen LogP contribution in [0, 0.1) is 11.8 Å². The van der Waals surface area contributed by atoms with Crippen molar-refractivity contribution in [2.24, 2.45) is 11.8 Å². The Morgan fingerprint density at radius 2 is 2.38 bits per heavy atom. The molecule has 0 aromatic heterocycles.